The molecular formula is C27H24FN7O2. The molecule has 0 bridgehead atoms. The van der Waals surface area contributed by atoms with Crippen LogP contribution in [0.5, 0.6) is 0 Å². The summed E-state index contributed by atoms with van der Waals surface area (Å²) >= 11 is 0. The second-order valence-electron chi connectivity index (χ2n) is 9.22. The zero-order chi connectivity index (χ0) is 25.8. The van der Waals surface area contributed by atoms with Gasteiger partial charge in [-0.05, 0) is 49.4 Å². The summed E-state index contributed by atoms with van der Waals surface area (Å²) in [5, 5.41) is 8.66. The minimum absolute atomic E-state index is 0.117. The number of carbonyl (C=O) groups excluding carboxylic acids is 1. The third kappa shape index (κ3) is 3.77. The standard InChI is InChI=1S/C27H24FN7O2/c1-15-12-17(32-34(15)3)13-22(36)30-20-8-10-33(2)25-19(20)14-29-26-23-21(31-27(37)24(23)25)9-11-35(26)18-6-4-16(28)5-7-18/h4-10,12,14H,11,13H2,1-3H3,(H,30,36)(H,31,37). The van der Waals surface area contributed by atoms with E-state index < -0.39 is 0 Å². The van der Waals surface area contributed by atoms with Crippen LogP contribution >= 0.6 is 0 Å². The molecule has 2 aromatic rings. The average molecular weight is 498 g/mol. The minimum Gasteiger partial charge on any atom is -0.350 e. The van der Waals surface area contributed by atoms with Crippen molar-refractivity contribution in [1.29, 1.82) is 0 Å². The molecule has 37 heavy (non-hydrogen) atoms. The maximum Gasteiger partial charge on any atom is 0.258 e. The number of rotatable bonds is 4. The van der Waals surface area contributed by atoms with Crippen LogP contribution in [0.25, 0.3) is 22.9 Å². The van der Waals surface area contributed by atoms with Crippen LogP contribution in [-0.2, 0) is 18.3 Å². The van der Waals surface area contributed by atoms with Gasteiger partial charge in [-0.25, -0.2) is 9.37 Å². The van der Waals surface area contributed by atoms with Crippen LogP contribution in [0.15, 0.2) is 53.6 Å². The lowest BCUT2D eigenvalue weighted by Gasteiger charge is -2.26. The Morgan fingerprint density at radius 1 is 1.19 bits per heavy atom. The van der Waals surface area contributed by atoms with E-state index in [1.54, 1.807) is 35.3 Å². The second-order valence-corrected chi connectivity index (χ2v) is 9.22. The van der Waals surface area contributed by atoms with Gasteiger partial charge in [-0.1, -0.05) is 0 Å². The molecule has 1 amide bonds. The molecule has 0 radical (unpaired) electrons. The van der Waals surface area contributed by atoms with E-state index in [2.05, 4.69) is 15.4 Å². The van der Waals surface area contributed by atoms with Gasteiger partial charge >= 0.3 is 0 Å². The van der Waals surface area contributed by atoms with Gasteiger partial charge in [0.2, 0.25) is 5.91 Å². The van der Waals surface area contributed by atoms with Gasteiger partial charge in [0.1, 0.15) is 11.6 Å². The molecule has 1 aromatic heterocycles. The topological polar surface area (TPSA) is 99.1 Å². The largest absolute Gasteiger partial charge is 0.350 e. The molecule has 186 valence electrons. The van der Waals surface area contributed by atoms with Crippen molar-refractivity contribution in [2.24, 2.45) is 7.05 Å². The van der Waals surface area contributed by atoms with Crippen molar-refractivity contribution in [3.05, 3.63) is 86.9 Å². The fourth-order valence-corrected chi connectivity index (χ4v) is 4.92. The van der Waals surface area contributed by atoms with E-state index >= 15 is 0 Å². The summed E-state index contributed by atoms with van der Waals surface area (Å²) in [5.41, 5.74) is 4.48. The SMILES string of the molecule is Cc1cc(CC(=O)NC2=c3cnc4c5c([nH]c(=O)c-5c3N(C)C=C2)=CCN4c2ccc(F)cc2)nn1C. The average Bonchev–Trinajstić information content (AvgIpc) is 3.28. The number of nitrogens with one attached hydrogen (secondary N) is 2. The highest BCUT2D eigenvalue weighted by Gasteiger charge is 2.29. The molecule has 10 heteroatoms. The van der Waals surface area contributed by atoms with Gasteiger partial charge in [-0.2, -0.15) is 5.10 Å². The number of anilines is 3. The molecule has 6 rings (SSSR count). The zero-order valence-electron chi connectivity index (χ0n) is 20.5. The van der Waals surface area contributed by atoms with Crippen molar-refractivity contribution in [2.75, 3.05) is 23.4 Å². The molecule has 0 unspecified atom stereocenters. The third-order valence-electron chi connectivity index (χ3n) is 6.79. The Bertz CT molecular complexity index is 1730. The number of nitrogens with zero attached hydrogens (tertiary/aromatic N) is 5. The highest BCUT2D eigenvalue weighted by atomic mass is 19.1. The predicted octanol–water partition coefficient (Wildman–Crippen LogP) is 1.42. The Morgan fingerprint density at radius 3 is 2.70 bits per heavy atom. The van der Waals surface area contributed by atoms with E-state index in [0.29, 0.717) is 51.1 Å². The molecule has 5 heterocycles. The normalized spacial score (nSPS) is 14.1. The first kappa shape index (κ1) is 22.7. The molecule has 0 aliphatic carbocycles. The van der Waals surface area contributed by atoms with Gasteiger partial charge in [-0.3, -0.25) is 14.3 Å². The second kappa shape index (κ2) is 8.44. The number of aromatic nitrogens is 4. The number of aryl methyl sites for hydroxylation is 2. The van der Waals surface area contributed by atoms with Gasteiger partial charge in [0.15, 0.2) is 0 Å². The number of aromatic amines is 1. The number of hydrogen-bond acceptors (Lipinski definition) is 6. The fraction of sp³-hybridized carbons (Fsp3) is 0.185. The lowest BCUT2D eigenvalue weighted by Crippen LogP contribution is -2.33. The van der Waals surface area contributed by atoms with Gasteiger partial charge < -0.3 is 20.1 Å². The summed E-state index contributed by atoms with van der Waals surface area (Å²) in [4.78, 5) is 37.7. The van der Waals surface area contributed by atoms with Crippen molar-refractivity contribution >= 4 is 34.9 Å². The Morgan fingerprint density at radius 2 is 1.97 bits per heavy atom. The van der Waals surface area contributed by atoms with Crippen LogP contribution in [0.4, 0.5) is 21.6 Å². The van der Waals surface area contributed by atoms with Gasteiger partial charge in [0, 0.05) is 49.6 Å². The summed E-state index contributed by atoms with van der Waals surface area (Å²) in [6, 6.07) is 8.04. The zero-order valence-corrected chi connectivity index (χ0v) is 20.5. The number of H-pyrrole nitrogens is 1. The van der Waals surface area contributed by atoms with Crippen LogP contribution < -0.4 is 31.2 Å². The van der Waals surface area contributed by atoms with Gasteiger partial charge in [-0.15, -0.1) is 0 Å². The number of hydrogen-bond donors (Lipinski definition) is 2. The van der Waals surface area contributed by atoms with Crippen LogP contribution in [0.1, 0.15) is 11.4 Å². The first-order chi connectivity index (χ1) is 17.8. The van der Waals surface area contributed by atoms with Gasteiger partial charge in [0.05, 0.1) is 40.0 Å². The maximum absolute atomic E-state index is 13.6. The number of halogens is 1. The molecule has 4 aliphatic heterocycles. The van der Waals surface area contributed by atoms with Crippen molar-refractivity contribution in [1.82, 2.24) is 25.1 Å². The number of benzene rings is 1. The number of fused-ring (bicyclic) bond motifs is 2. The maximum atomic E-state index is 13.6. The van der Waals surface area contributed by atoms with Crippen molar-refractivity contribution in [2.45, 2.75) is 13.3 Å². The molecule has 0 atom stereocenters. The first-order valence-corrected chi connectivity index (χ1v) is 11.8. The third-order valence-corrected chi connectivity index (χ3v) is 6.79. The Balaban J connectivity index is 1.50. The Hall–Kier alpha value is -4.73. The highest BCUT2D eigenvalue weighted by Crippen LogP contribution is 2.36. The molecule has 4 aliphatic rings. The van der Waals surface area contributed by atoms with E-state index in [4.69, 9.17) is 4.98 Å². The molecule has 1 aromatic carbocycles. The monoisotopic (exact) mass is 497 g/mol. The van der Waals surface area contributed by atoms with Crippen LogP contribution in [0.3, 0.4) is 0 Å². The Kier molecular flexibility index (Phi) is 5.18. The summed E-state index contributed by atoms with van der Waals surface area (Å²) in [7, 11) is 3.68. The number of carbonyl (C=O) groups is 1. The molecule has 0 saturated heterocycles. The van der Waals surface area contributed by atoms with Crippen molar-refractivity contribution < 1.29 is 9.18 Å². The van der Waals surface area contributed by atoms with E-state index in [1.807, 2.05) is 43.0 Å². The number of amides is 1. The minimum atomic E-state index is -0.329. The van der Waals surface area contributed by atoms with E-state index in [1.165, 1.54) is 12.1 Å². The summed E-state index contributed by atoms with van der Waals surface area (Å²) < 4.78 is 15.3. The Labute approximate surface area is 211 Å². The predicted molar refractivity (Wildman–Crippen MR) is 139 cm³/mol. The smallest absolute Gasteiger partial charge is 0.258 e. The summed E-state index contributed by atoms with van der Waals surface area (Å²) in [6.07, 6.45) is 7.32. The molecule has 0 spiro atoms. The van der Waals surface area contributed by atoms with E-state index in [0.717, 1.165) is 11.4 Å². The quantitative estimate of drug-likeness (QED) is 0.443. The highest BCUT2D eigenvalue weighted by molar-refractivity contribution is 5.94. The molecule has 9 nitrogen and oxygen atoms in total. The summed E-state index contributed by atoms with van der Waals surface area (Å²) in [5.74, 6) is 0.0264. The van der Waals surface area contributed by atoms with Crippen LogP contribution in [0, 0.1) is 12.7 Å². The van der Waals surface area contributed by atoms with E-state index in [-0.39, 0.29) is 23.7 Å². The lowest BCUT2D eigenvalue weighted by atomic mass is 10.0. The van der Waals surface area contributed by atoms with Crippen LogP contribution in [-0.4, -0.2) is 39.2 Å². The van der Waals surface area contributed by atoms with E-state index in [9.17, 15) is 14.0 Å². The molecule has 0 saturated carbocycles. The lowest BCUT2D eigenvalue weighted by molar-refractivity contribution is -0.119. The molecule has 2 N–H and O–H groups in total. The summed E-state index contributed by atoms with van der Waals surface area (Å²) in [6.45, 7) is 2.39. The van der Waals surface area contributed by atoms with Crippen molar-refractivity contribution in [3.63, 3.8) is 0 Å². The molecule has 0 fully saturated rings. The molecular weight excluding hydrogens is 473 g/mol. The van der Waals surface area contributed by atoms with Crippen LogP contribution in [0.2, 0.25) is 0 Å². The first-order valence-electron chi connectivity index (χ1n) is 11.8. The van der Waals surface area contributed by atoms with Gasteiger partial charge in [0.25, 0.3) is 5.56 Å². The van der Waals surface area contributed by atoms with Crippen molar-refractivity contribution in [3.8, 4) is 11.1 Å². The fourth-order valence-electron chi connectivity index (χ4n) is 4.92.